The van der Waals surface area contributed by atoms with Gasteiger partial charge in [0.05, 0.1) is 35.2 Å². The van der Waals surface area contributed by atoms with E-state index in [1.54, 1.807) is 4.90 Å². The summed E-state index contributed by atoms with van der Waals surface area (Å²) in [5.74, 6) is -1.92. The second-order valence-electron chi connectivity index (χ2n) is 6.97. The van der Waals surface area contributed by atoms with E-state index in [4.69, 9.17) is 16.3 Å². The number of likely N-dealkylation sites (N-methyl/N-ethyl adjacent to an activating group) is 1. The van der Waals surface area contributed by atoms with Gasteiger partial charge in [0.25, 0.3) is 5.91 Å². The van der Waals surface area contributed by atoms with E-state index >= 15 is 0 Å². The number of nitrogens with zero attached hydrogens (tertiary/aromatic N) is 2. The highest BCUT2D eigenvalue weighted by Gasteiger charge is 2.27. The van der Waals surface area contributed by atoms with Gasteiger partial charge in [-0.3, -0.25) is 4.79 Å². The molecule has 4 rings (SSSR count). The van der Waals surface area contributed by atoms with Crippen molar-refractivity contribution in [3.8, 4) is 0 Å². The van der Waals surface area contributed by atoms with E-state index in [0.29, 0.717) is 25.2 Å². The van der Waals surface area contributed by atoms with Crippen LogP contribution in [-0.4, -0.2) is 86.0 Å². The van der Waals surface area contributed by atoms with Crippen molar-refractivity contribution in [3.63, 3.8) is 0 Å². The number of ether oxygens (including phenoxy) is 1. The summed E-state index contributed by atoms with van der Waals surface area (Å²) in [6.07, 6.45) is 0.874. The number of amides is 1. The number of carbonyl (C=O) groups excluding carboxylic acids is 2. The minimum absolute atomic E-state index is 0.0660. The normalized spacial score (nSPS) is 20.3. The molecule has 0 aliphatic carbocycles. The van der Waals surface area contributed by atoms with Gasteiger partial charge in [-0.25, -0.2) is 8.78 Å². The highest BCUT2D eigenvalue weighted by atomic mass is 35.5. The van der Waals surface area contributed by atoms with Gasteiger partial charge in [-0.1, -0.05) is 11.6 Å². The third kappa shape index (κ3) is 4.92. The molecular weight excluding hydrogens is 406 g/mol. The molecular formula is C19H23ClF2N4O3. The summed E-state index contributed by atoms with van der Waals surface area (Å²) < 4.78 is 32.8. The number of hydrogen-bond donors (Lipinski definition) is 2. The summed E-state index contributed by atoms with van der Waals surface area (Å²) in [7, 11) is 1.97. The molecule has 1 unspecified atom stereocenters. The number of nitrogens with one attached hydrogen (secondary N) is 2. The first kappa shape index (κ1) is 21.6. The topological polar surface area (TPSA) is 77.7 Å². The summed E-state index contributed by atoms with van der Waals surface area (Å²) in [5.41, 5.74) is 0.151. The summed E-state index contributed by atoms with van der Waals surface area (Å²) in [6, 6.07) is 2.45. The first-order valence-corrected chi connectivity index (χ1v) is 9.69. The highest BCUT2D eigenvalue weighted by Crippen LogP contribution is 2.30. The molecule has 3 heterocycles. The molecule has 7 nitrogen and oxygen atoms in total. The van der Waals surface area contributed by atoms with Crippen molar-refractivity contribution in [1.82, 2.24) is 20.1 Å². The molecule has 1 atom stereocenters. The summed E-state index contributed by atoms with van der Waals surface area (Å²) in [6.45, 7) is 4.60. The van der Waals surface area contributed by atoms with E-state index in [2.05, 4.69) is 15.2 Å². The predicted molar refractivity (Wildman–Crippen MR) is 105 cm³/mol. The zero-order valence-corrected chi connectivity index (χ0v) is 16.8. The Kier molecular flexibility index (Phi) is 7.18. The molecule has 10 heteroatoms. The lowest BCUT2D eigenvalue weighted by molar-refractivity contribution is -0.112. The highest BCUT2D eigenvalue weighted by molar-refractivity contribution is 6.35. The molecule has 1 aromatic carbocycles. The van der Waals surface area contributed by atoms with Crippen LogP contribution < -0.4 is 5.32 Å². The minimum Gasteiger partial charge on any atom is -0.378 e. The molecule has 0 saturated carbocycles. The second kappa shape index (κ2) is 9.62. The number of benzene rings is 1. The smallest absolute Gasteiger partial charge is 0.273 e. The number of carbonyl (C=O) groups is 2. The van der Waals surface area contributed by atoms with Crippen LogP contribution in [0.2, 0.25) is 5.02 Å². The van der Waals surface area contributed by atoms with Gasteiger partial charge in [-0.15, -0.1) is 0 Å². The van der Waals surface area contributed by atoms with E-state index in [1.165, 1.54) is 6.07 Å². The minimum atomic E-state index is -0.793. The lowest BCUT2D eigenvalue weighted by atomic mass is 10.2. The van der Waals surface area contributed by atoms with E-state index in [-0.39, 0.29) is 22.1 Å². The molecule has 2 saturated heterocycles. The maximum absolute atomic E-state index is 14.4. The molecule has 2 aliphatic rings. The summed E-state index contributed by atoms with van der Waals surface area (Å²) in [5, 5.41) is 2.59. The van der Waals surface area contributed by atoms with E-state index < -0.39 is 17.5 Å². The van der Waals surface area contributed by atoms with Crippen molar-refractivity contribution in [2.24, 2.45) is 0 Å². The Hall–Kier alpha value is -2.07. The van der Waals surface area contributed by atoms with Gasteiger partial charge in [-0.2, -0.15) is 0 Å². The van der Waals surface area contributed by atoms with Crippen LogP contribution in [0.15, 0.2) is 12.1 Å². The van der Waals surface area contributed by atoms with Crippen LogP contribution >= 0.6 is 11.6 Å². The van der Waals surface area contributed by atoms with Crippen molar-refractivity contribution in [3.05, 3.63) is 34.5 Å². The number of halogens is 3. The summed E-state index contributed by atoms with van der Waals surface area (Å²) >= 11 is 5.79. The fraction of sp³-hybridized carbons (Fsp3) is 0.474. The van der Waals surface area contributed by atoms with Crippen LogP contribution in [-0.2, 0) is 9.53 Å². The zero-order valence-electron chi connectivity index (χ0n) is 16.0. The van der Waals surface area contributed by atoms with Crippen LogP contribution in [0.1, 0.15) is 10.5 Å². The standard InChI is InChI=1S/C14H14ClF2N3O.C5H9NO2/c1-19-4-6-20(7-5-19)14(21)13-12(17)10-9(18-13)3-2-8(16)11(10)15;7-3-5-4-8-2-1-6-5/h2-3,18H,4-7H2,1H3;3,5-6H,1-2,4H2. The molecule has 158 valence electrons. The molecule has 1 aromatic heterocycles. The van der Waals surface area contributed by atoms with Gasteiger partial charge >= 0.3 is 0 Å². The van der Waals surface area contributed by atoms with Crippen LogP contribution in [0, 0.1) is 11.6 Å². The number of piperazine rings is 1. The molecule has 2 N–H and O–H groups in total. The molecule has 29 heavy (non-hydrogen) atoms. The Morgan fingerprint density at radius 3 is 2.59 bits per heavy atom. The van der Waals surface area contributed by atoms with E-state index in [0.717, 1.165) is 38.6 Å². The maximum atomic E-state index is 14.4. The third-order valence-corrected chi connectivity index (χ3v) is 5.28. The first-order valence-electron chi connectivity index (χ1n) is 9.31. The van der Waals surface area contributed by atoms with Crippen molar-refractivity contribution in [2.75, 3.05) is 53.0 Å². The van der Waals surface area contributed by atoms with Crippen molar-refractivity contribution in [2.45, 2.75) is 6.04 Å². The van der Waals surface area contributed by atoms with Gasteiger partial charge in [0.1, 0.15) is 17.8 Å². The lowest BCUT2D eigenvalue weighted by Crippen LogP contribution is -2.47. The van der Waals surface area contributed by atoms with Crippen LogP contribution in [0.5, 0.6) is 0 Å². The molecule has 0 radical (unpaired) electrons. The van der Waals surface area contributed by atoms with Gasteiger partial charge in [-0.05, 0) is 19.2 Å². The van der Waals surface area contributed by atoms with Crippen molar-refractivity contribution >= 4 is 34.7 Å². The van der Waals surface area contributed by atoms with E-state index in [1.807, 2.05) is 7.05 Å². The number of morpholine rings is 1. The zero-order chi connectivity index (χ0) is 21.0. The van der Waals surface area contributed by atoms with Crippen LogP contribution in [0.3, 0.4) is 0 Å². The summed E-state index contributed by atoms with van der Waals surface area (Å²) in [4.78, 5) is 28.8. The Bertz CT molecular complexity index is 878. The van der Waals surface area contributed by atoms with Gasteiger partial charge in [0, 0.05) is 32.7 Å². The SMILES string of the molecule is CN1CCN(C(=O)c2[nH]c3ccc(F)c(Cl)c3c2F)CC1.O=CC1COCCN1. The molecule has 0 spiro atoms. The van der Waals surface area contributed by atoms with E-state index in [9.17, 15) is 18.4 Å². The Balaban J connectivity index is 0.000000252. The average Bonchev–Trinajstić information content (AvgIpc) is 3.09. The molecule has 0 bridgehead atoms. The Morgan fingerprint density at radius 1 is 1.28 bits per heavy atom. The molecule has 1 amide bonds. The number of rotatable bonds is 2. The molecule has 2 aromatic rings. The largest absolute Gasteiger partial charge is 0.378 e. The van der Waals surface area contributed by atoms with Gasteiger partial charge in [0.2, 0.25) is 0 Å². The number of aromatic amines is 1. The third-order valence-electron chi connectivity index (χ3n) is 4.91. The predicted octanol–water partition coefficient (Wildman–Crippen LogP) is 1.66. The van der Waals surface area contributed by atoms with Crippen molar-refractivity contribution < 1.29 is 23.1 Å². The lowest BCUT2D eigenvalue weighted by Gasteiger charge is -2.32. The van der Waals surface area contributed by atoms with Crippen LogP contribution in [0.4, 0.5) is 8.78 Å². The number of aldehydes is 1. The Morgan fingerprint density at radius 2 is 2.00 bits per heavy atom. The first-order chi connectivity index (χ1) is 13.9. The second-order valence-corrected chi connectivity index (χ2v) is 7.34. The number of hydrogen-bond acceptors (Lipinski definition) is 5. The molecule has 2 fully saturated rings. The quantitative estimate of drug-likeness (QED) is 0.711. The monoisotopic (exact) mass is 428 g/mol. The van der Waals surface area contributed by atoms with Gasteiger partial charge < -0.3 is 29.6 Å². The Labute approximate surface area is 171 Å². The fourth-order valence-corrected chi connectivity index (χ4v) is 3.42. The van der Waals surface area contributed by atoms with Crippen LogP contribution in [0.25, 0.3) is 10.9 Å². The average molecular weight is 429 g/mol. The van der Waals surface area contributed by atoms with Crippen molar-refractivity contribution in [1.29, 1.82) is 0 Å². The number of H-pyrrole nitrogens is 1. The number of aromatic nitrogens is 1. The number of fused-ring (bicyclic) bond motifs is 1. The maximum Gasteiger partial charge on any atom is 0.273 e. The van der Waals surface area contributed by atoms with Gasteiger partial charge in [0.15, 0.2) is 5.82 Å². The molecule has 2 aliphatic heterocycles. The fourth-order valence-electron chi connectivity index (χ4n) is 3.17.